The van der Waals surface area contributed by atoms with Crippen molar-refractivity contribution in [2.24, 2.45) is 0 Å². The zero-order valence-electron chi connectivity index (χ0n) is 10.3. The third-order valence-electron chi connectivity index (χ3n) is 3.04. The second-order valence-corrected chi connectivity index (χ2v) is 6.66. The fourth-order valence-electron chi connectivity index (χ4n) is 1.91. The minimum absolute atomic E-state index is 0.349. The van der Waals surface area contributed by atoms with E-state index in [1.165, 1.54) is 0 Å². The lowest BCUT2D eigenvalue weighted by Crippen LogP contribution is -2.27. The number of hydrogen-bond acceptors (Lipinski definition) is 4. The summed E-state index contributed by atoms with van der Waals surface area (Å²) in [5.41, 5.74) is 0.686. The normalized spacial score (nSPS) is 19.5. The van der Waals surface area contributed by atoms with Crippen molar-refractivity contribution >= 4 is 17.6 Å². The molecule has 0 unspecified atom stereocenters. The molecule has 90 valence electrons. The Kier molecular flexibility index (Phi) is 3.58. The molecular weight excluding hydrogens is 230 g/mol. The maximum atomic E-state index is 8.90. The van der Waals surface area contributed by atoms with Crippen molar-refractivity contribution in [3.63, 3.8) is 0 Å². The summed E-state index contributed by atoms with van der Waals surface area (Å²) < 4.78 is 0.349. The zero-order valence-corrected chi connectivity index (χ0v) is 11.1. The van der Waals surface area contributed by atoms with Crippen molar-refractivity contribution in [2.75, 3.05) is 23.7 Å². The number of nitriles is 1. The quantitative estimate of drug-likeness (QED) is 0.765. The van der Waals surface area contributed by atoms with E-state index in [4.69, 9.17) is 5.26 Å². The Labute approximate surface area is 107 Å². The van der Waals surface area contributed by atoms with Gasteiger partial charge in [0.15, 0.2) is 0 Å². The molecule has 3 nitrogen and oxygen atoms in total. The Bertz CT molecular complexity index is 437. The number of pyridine rings is 1. The van der Waals surface area contributed by atoms with Gasteiger partial charge in [0.2, 0.25) is 0 Å². The van der Waals surface area contributed by atoms with Gasteiger partial charge >= 0.3 is 0 Å². The average molecular weight is 247 g/mol. The summed E-state index contributed by atoms with van der Waals surface area (Å²) in [7, 11) is 0. The van der Waals surface area contributed by atoms with Gasteiger partial charge in [-0.1, -0.05) is 13.8 Å². The smallest absolute Gasteiger partial charge is 0.129 e. The van der Waals surface area contributed by atoms with Gasteiger partial charge in [-0.05, 0) is 18.6 Å². The molecule has 1 aromatic heterocycles. The third-order valence-corrected chi connectivity index (χ3v) is 4.41. The van der Waals surface area contributed by atoms with Crippen LogP contribution in [-0.2, 0) is 0 Å². The maximum absolute atomic E-state index is 8.90. The van der Waals surface area contributed by atoms with Crippen LogP contribution in [0.25, 0.3) is 0 Å². The zero-order chi connectivity index (χ0) is 12.3. The molecule has 1 fully saturated rings. The first-order valence-corrected chi connectivity index (χ1v) is 6.84. The van der Waals surface area contributed by atoms with Crippen LogP contribution < -0.4 is 4.90 Å². The van der Waals surface area contributed by atoms with E-state index in [0.29, 0.717) is 10.3 Å². The molecular formula is C13H17N3S. The van der Waals surface area contributed by atoms with Gasteiger partial charge in [-0.15, -0.1) is 0 Å². The predicted octanol–water partition coefficient (Wildman–Crippen LogP) is 2.68. The van der Waals surface area contributed by atoms with Crippen LogP contribution in [-0.4, -0.2) is 28.6 Å². The number of thioether (sulfide) groups is 1. The first-order chi connectivity index (χ1) is 8.11. The molecule has 0 amide bonds. The summed E-state index contributed by atoms with van der Waals surface area (Å²) in [5, 5.41) is 8.90. The Hall–Kier alpha value is -1.21. The molecule has 1 aliphatic rings. The molecule has 1 saturated heterocycles. The van der Waals surface area contributed by atoms with Crippen LogP contribution in [0.4, 0.5) is 5.82 Å². The minimum atomic E-state index is 0.349. The van der Waals surface area contributed by atoms with Gasteiger partial charge in [0.05, 0.1) is 11.6 Å². The summed E-state index contributed by atoms with van der Waals surface area (Å²) in [4.78, 5) is 6.65. The van der Waals surface area contributed by atoms with Gasteiger partial charge in [-0.25, -0.2) is 4.98 Å². The molecule has 2 rings (SSSR count). The van der Waals surface area contributed by atoms with E-state index in [1.54, 1.807) is 12.3 Å². The molecule has 0 N–H and O–H groups in total. The Morgan fingerprint density at radius 1 is 1.47 bits per heavy atom. The second kappa shape index (κ2) is 4.97. The number of aromatic nitrogens is 1. The maximum Gasteiger partial charge on any atom is 0.129 e. The molecule has 4 heteroatoms. The summed E-state index contributed by atoms with van der Waals surface area (Å²) >= 11 is 2.02. The van der Waals surface area contributed by atoms with Crippen LogP contribution in [0.15, 0.2) is 18.3 Å². The number of anilines is 1. The van der Waals surface area contributed by atoms with E-state index in [9.17, 15) is 0 Å². The standard InChI is InChI=1S/C13H17N3S/c1-13(2)4-6-16(7-8-17-13)12-9-11(10-14)3-5-15-12/h3,5,9H,4,6-8H2,1-2H3. The molecule has 0 spiro atoms. The van der Waals surface area contributed by atoms with Crippen molar-refractivity contribution in [3.8, 4) is 6.07 Å². The van der Waals surface area contributed by atoms with Crippen LogP contribution in [0.5, 0.6) is 0 Å². The van der Waals surface area contributed by atoms with Crippen molar-refractivity contribution in [1.82, 2.24) is 4.98 Å². The fraction of sp³-hybridized carbons (Fsp3) is 0.538. The van der Waals surface area contributed by atoms with Gasteiger partial charge in [0.1, 0.15) is 5.82 Å². The highest BCUT2D eigenvalue weighted by atomic mass is 32.2. The molecule has 0 aromatic carbocycles. The Morgan fingerprint density at radius 3 is 3.06 bits per heavy atom. The van der Waals surface area contributed by atoms with Crippen molar-refractivity contribution in [2.45, 2.75) is 25.0 Å². The summed E-state index contributed by atoms with van der Waals surface area (Å²) in [6.07, 6.45) is 2.87. The van der Waals surface area contributed by atoms with Crippen LogP contribution in [0, 0.1) is 11.3 Å². The van der Waals surface area contributed by atoms with Crippen molar-refractivity contribution in [3.05, 3.63) is 23.9 Å². The van der Waals surface area contributed by atoms with Gasteiger partial charge in [-0.3, -0.25) is 0 Å². The van der Waals surface area contributed by atoms with Gasteiger partial charge in [0.25, 0.3) is 0 Å². The predicted molar refractivity (Wildman–Crippen MR) is 72.3 cm³/mol. The fourth-order valence-corrected chi connectivity index (χ4v) is 3.01. The largest absolute Gasteiger partial charge is 0.356 e. The van der Waals surface area contributed by atoms with E-state index in [2.05, 4.69) is 29.8 Å². The molecule has 1 aliphatic heterocycles. The topological polar surface area (TPSA) is 39.9 Å². The van der Waals surface area contributed by atoms with Crippen molar-refractivity contribution in [1.29, 1.82) is 5.26 Å². The van der Waals surface area contributed by atoms with Crippen LogP contribution in [0.2, 0.25) is 0 Å². The lowest BCUT2D eigenvalue weighted by molar-refractivity contribution is 0.635. The van der Waals surface area contributed by atoms with E-state index in [-0.39, 0.29) is 0 Å². The highest BCUT2D eigenvalue weighted by Gasteiger charge is 2.24. The SMILES string of the molecule is CC1(C)CCN(c2cc(C#N)ccn2)CCS1. The highest BCUT2D eigenvalue weighted by molar-refractivity contribution is 8.00. The summed E-state index contributed by atoms with van der Waals surface area (Å²) in [6, 6.07) is 5.79. The molecule has 0 saturated carbocycles. The summed E-state index contributed by atoms with van der Waals surface area (Å²) in [5.74, 6) is 2.05. The first kappa shape index (κ1) is 12.3. The van der Waals surface area contributed by atoms with E-state index >= 15 is 0 Å². The monoisotopic (exact) mass is 247 g/mol. The molecule has 2 heterocycles. The van der Waals surface area contributed by atoms with Gasteiger partial charge in [0, 0.05) is 29.8 Å². The lowest BCUT2D eigenvalue weighted by atomic mass is 10.1. The molecule has 1 aromatic rings. The lowest BCUT2D eigenvalue weighted by Gasteiger charge is -2.23. The van der Waals surface area contributed by atoms with Crippen LogP contribution in [0.1, 0.15) is 25.8 Å². The Balaban J connectivity index is 2.14. The summed E-state index contributed by atoms with van der Waals surface area (Å²) in [6.45, 7) is 6.61. The van der Waals surface area contributed by atoms with Gasteiger partial charge < -0.3 is 4.90 Å². The molecule has 0 radical (unpaired) electrons. The third kappa shape index (κ3) is 3.13. The second-order valence-electron chi connectivity index (χ2n) is 4.86. The first-order valence-electron chi connectivity index (χ1n) is 5.86. The van der Waals surface area contributed by atoms with E-state index < -0.39 is 0 Å². The number of rotatable bonds is 1. The van der Waals surface area contributed by atoms with Crippen LogP contribution in [0.3, 0.4) is 0 Å². The molecule has 0 bridgehead atoms. The highest BCUT2D eigenvalue weighted by Crippen LogP contribution is 2.31. The molecule has 0 atom stereocenters. The Morgan fingerprint density at radius 2 is 2.29 bits per heavy atom. The number of nitrogens with zero attached hydrogens (tertiary/aromatic N) is 3. The van der Waals surface area contributed by atoms with Gasteiger partial charge in [-0.2, -0.15) is 17.0 Å². The van der Waals surface area contributed by atoms with E-state index in [0.717, 1.165) is 31.1 Å². The van der Waals surface area contributed by atoms with E-state index in [1.807, 2.05) is 17.8 Å². The minimum Gasteiger partial charge on any atom is -0.356 e. The number of hydrogen-bond donors (Lipinski definition) is 0. The average Bonchev–Trinajstić information content (AvgIpc) is 2.50. The van der Waals surface area contributed by atoms with Crippen LogP contribution >= 0.6 is 11.8 Å². The molecule has 0 aliphatic carbocycles. The molecule has 17 heavy (non-hydrogen) atoms. The van der Waals surface area contributed by atoms with Crippen molar-refractivity contribution < 1.29 is 0 Å².